The number of nitrogens with zero attached hydrogens (tertiary/aromatic N) is 3. The topological polar surface area (TPSA) is 106 Å². The quantitative estimate of drug-likeness (QED) is 0.630. The molecule has 1 N–H and O–H groups in total. The van der Waals surface area contributed by atoms with Gasteiger partial charge in [0.05, 0.1) is 18.1 Å². The fourth-order valence-electron chi connectivity index (χ4n) is 1.96. The highest BCUT2D eigenvalue weighted by Gasteiger charge is 2.30. The molecule has 1 saturated heterocycles. The zero-order valence-corrected chi connectivity index (χ0v) is 10.3. The summed E-state index contributed by atoms with van der Waals surface area (Å²) in [5, 5.41) is 19.8. The zero-order chi connectivity index (χ0) is 14.0. The third kappa shape index (κ3) is 2.63. The number of pyridine rings is 1. The van der Waals surface area contributed by atoms with Gasteiger partial charge in [0.1, 0.15) is 12.0 Å². The molecule has 8 nitrogen and oxygen atoms in total. The number of hydrogen-bond donors (Lipinski definition) is 1. The molecule has 102 valence electrons. The molecule has 0 aromatic carbocycles. The molecule has 19 heavy (non-hydrogen) atoms. The summed E-state index contributed by atoms with van der Waals surface area (Å²) in [4.78, 5) is 26.9. The molecule has 0 radical (unpaired) electrons. The Bertz CT molecular complexity index is 519. The molecule has 1 aromatic rings. The smallest absolute Gasteiger partial charge is 0.328 e. The lowest BCUT2D eigenvalue weighted by molar-refractivity contribution is -0.385. The number of nitro groups is 1. The monoisotopic (exact) mass is 267 g/mol. The zero-order valence-electron chi connectivity index (χ0n) is 10.3. The summed E-state index contributed by atoms with van der Waals surface area (Å²) in [5.74, 6) is -0.587. The van der Waals surface area contributed by atoms with Crippen LogP contribution in [0.1, 0.15) is 5.56 Å². The van der Waals surface area contributed by atoms with Crippen LogP contribution in [0, 0.1) is 17.0 Å². The van der Waals surface area contributed by atoms with Crippen molar-refractivity contribution < 1.29 is 19.6 Å². The van der Waals surface area contributed by atoms with Gasteiger partial charge in [-0.2, -0.15) is 0 Å². The standard InChI is InChI=1S/C11H13N3O5/c1-7-4-10(12-5-8(7)14(17)18)13-2-3-19-6-9(13)11(15)16/h4-5,9H,2-3,6H2,1H3,(H,15,16). The number of carboxylic acids is 1. The fraction of sp³-hybridized carbons (Fsp3) is 0.455. The maximum absolute atomic E-state index is 11.1. The maximum atomic E-state index is 11.1. The van der Waals surface area contributed by atoms with E-state index >= 15 is 0 Å². The molecule has 0 saturated carbocycles. The largest absolute Gasteiger partial charge is 0.480 e. The van der Waals surface area contributed by atoms with Crippen LogP contribution >= 0.6 is 0 Å². The minimum atomic E-state index is -1.00. The van der Waals surface area contributed by atoms with Crippen molar-refractivity contribution in [2.75, 3.05) is 24.7 Å². The van der Waals surface area contributed by atoms with E-state index in [0.717, 1.165) is 6.20 Å². The highest BCUT2D eigenvalue weighted by molar-refractivity contribution is 5.78. The second-order valence-corrected chi connectivity index (χ2v) is 4.21. The number of rotatable bonds is 3. The summed E-state index contributed by atoms with van der Waals surface area (Å²) in [5.41, 5.74) is 0.370. The van der Waals surface area contributed by atoms with Crippen LogP contribution in [-0.2, 0) is 9.53 Å². The molecule has 1 aliphatic rings. The molecule has 0 amide bonds. The van der Waals surface area contributed by atoms with Gasteiger partial charge >= 0.3 is 5.97 Å². The second-order valence-electron chi connectivity index (χ2n) is 4.21. The minimum Gasteiger partial charge on any atom is -0.480 e. The third-order valence-corrected chi connectivity index (χ3v) is 2.97. The number of hydrogen-bond acceptors (Lipinski definition) is 6. The van der Waals surface area contributed by atoms with Crippen LogP contribution in [0.4, 0.5) is 11.5 Å². The Hall–Kier alpha value is -2.22. The Morgan fingerprint density at radius 1 is 1.68 bits per heavy atom. The lowest BCUT2D eigenvalue weighted by Crippen LogP contribution is -2.50. The van der Waals surface area contributed by atoms with Crippen LogP contribution in [0.3, 0.4) is 0 Å². The Labute approximate surface area is 108 Å². The van der Waals surface area contributed by atoms with Crippen molar-refractivity contribution in [3.05, 3.63) is 27.9 Å². The van der Waals surface area contributed by atoms with Crippen LogP contribution in [0.15, 0.2) is 12.3 Å². The first-order valence-electron chi connectivity index (χ1n) is 5.69. The van der Waals surface area contributed by atoms with E-state index in [1.54, 1.807) is 11.8 Å². The van der Waals surface area contributed by atoms with Gasteiger partial charge in [-0.1, -0.05) is 0 Å². The highest BCUT2D eigenvalue weighted by atomic mass is 16.6. The molecular formula is C11H13N3O5. The van der Waals surface area contributed by atoms with E-state index in [0.29, 0.717) is 24.5 Å². The fourth-order valence-corrected chi connectivity index (χ4v) is 1.96. The van der Waals surface area contributed by atoms with E-state index in [2.05, 4.69) is 4.98 Å². The van der Waals surface area contributed by atoms with Crippen LogP contribution in [0.25, 0.3) is 0 Å². The van der Waals surface area contributed by atoms with Crippen molar-refractivity contribution in [2.24, 2.45) is 0 Å². The van der Waals surface area contributed by atoms with Crippen LogP contribution in [-0.4, -0.2) is 46.8 Å². The minimum absolute atomic E-state index is 0.0764. The Morgan fingerprint density at radius 2 is 2.42 bits per heavy atom. The molecule has 1 aliphatic heterocycles. The van der Waals surface area contributed by atoms with Crippen molar-refractivity contribution in [3.63, 3.8) is 0 Å². The van der Waals surface area contributed by atoms with Gasteiger partial charge in [0, 0.05) is 12.1 Å². The van der Waals surface area contributed by atoms with Gasteiger partial charge in [0.25, 0.3) is 5.69 Å². The molecule has 1 atom stereocenters. The van der Waals surface area contributed by atoms with E-state index in [1.165, 1.54) is 6.07 Å². The Morgan fingerprint density at radius 3 is 3.00 bits per heavy atom. The predicted octanol–water partition coefficient (Wildman–Crippen LogP) is 0.588. The molecule has 1 unspecified atom stereocenters. The van der Waals surface area contributed by atoms with Gasteiger partial charge in [0.15, 0.2) is 6.04 Å². The summed E-state index contributed by atoms with van der Waals surface area (Å²) in [6.07, 6.45) is 1.15. The van der Waals surface area contributed by atoms with E-state index in [4.69, 9.17) is 9.84 Å². The Kier molecular flexibility index (Phi) is 3.61. The van der Waals surface area contributed by atoms with E-state index in [-0.39, 0.29) is 12.3 Å². The summed E-state index contributed by atoms with van der Waals surface area (Å²) in [7, 11) is 0. The molecule has 0 aliphatic carbocycles. The predicted molar refractivity (Wildman–Crippen MR) is 65.2 cm³/mol. The van der Waals surface area contributed by atoms with Crippen LogP contribution < -0.4 is 4.90 Å². The Balaban J connectivity index is 2.32. The number of carboxylic acid groups (broad SMARTS) is 1. The normalized spacial score (nSPS) is 19.2. The van der Waals surface area contributed by atoms with E-state index in [9.17, 15) is 14.9 Å². The van der Waals surface area contributed by atoms with Crippen molar-refractivity contribution in [1.29, 1.82) is 0 Å². The van der Waals surface area contributed by atoms with Crippen molar-refractivity contribution in [2.45, 2.75) is 13.0 Å². The number of aromatic nitrogens is 1. The highest BCUT2D eigenvalue weighted by Crippen LogP contribution is 2.23. The number of carbonyl (C=O) groups is 1. The van der Waals surface area contributed by atoms with Crippen LogP contribution in [0.5, 0.6) is 0 Å². The lowest BCUT2D eigenvalue weighted by atomic mass is 10.2. The molecule has 8 heteroatoms. The average molecular weight is 267 g/mol. The number of anilines is 1. The molecule has 2 heterocycles. The summed E-state index contributed by atoms with van der Waals surface area (Å²) >= 11 is 0. The van der Waals surface area contributed by atoms with Gasteiger partial charge in [-0.25, -0.2) is 9.78 Å². The SMILES string of the molecule is Cc1cc(N2CCOCC2C(=O)O)ncc1[N+](=O)[O-]. The van der Waals surface area contributed by atoms with Crippen molar-refractivity contribution in [3.8, 4) is 0 Å². The first-order chi connectivity index (χ1) is 9.00. The lowest BCUT2D eigenvalue weighted by Gasteiger charge is -2.33. The molecule has 2 rings (SSSR count). The molecule has 0 bridgehead atoms. The summed E-state index contributed by atoms with van der Waals surface area (Å²) < 4.78 is 5.13. The van der Waals surface area contributed by atoms with Gasteiger partial charge < -0.3 is 14.7 Å². The number of aliphatic carboxylic acids is 1. The van der Waals surface area contributed by atoms with Crippen molar-refractivity contribution >= 4 is 17.5 Å². The van der Waals surface area contributed by atoms with Crippen LogP contribution in [0.2, 0.25) is 0 Å². The van der Waals surface area contributed by atoms with Gasteiger partial charge in [-0.15, -0.1) is 0 Å². The number of ether oxygens (including phenoxy) is 1. The number of morpholine rings is 1. The first-order valence-corrected chi connectivity index (χ1v) is 5.69. The summed E-state index contributed by atoms with van der Waals surface area (Å²) in [6, 6.07) is 0.710. The second kappa shape index (κ2) is 5.19. The number of aryl methyl sites for hydroxylation is 1. The van der Waals surface area contributed by atoms with Gasteiger partial charge in [-0.3, -0.25) is 10.1 Å². The molecule has 0 spiro atoms. The van der Waals surface area contributed by atoms with E-state index < -0.39 is 16.9 Å². The van der Waals surface area contributed by atoms with Gasteiger partial charge in [0.2, 0.25) is 0 Å². The molecule has 1 fully saturated rings. The van der Waals surface area contributed by atoms with E-state index in [1.807, 2.05) is 0 Å². The van der Waals surface area contributed by atoms with Crippen molar-refractivity contribution in [1.82, 2.24) is 4.98 Å². The maximum Gasteiger partial charge on any atom is 0.328 e. The average Bonchev–Trinajstić information content (AvgIpc) is 2.38. The first kappa shape index (κ1) is 13.2. The third-order valence-electron chi connectivity index (χ3n) is 2.97. The molecule has 1 aromatic heterocycles. The van der Waals surface area contributed by atoms with Gasteiger partial charge in [-0.05, 0) is 13.0 Å². The molecular weight excluding hydrogens is 254 g/mol. The summed E-state index contributed by atoms with van der Waals surface area (Å²) in [6.45, 7) is 2.47.